The van der Waals surface area contributed by atoms with Crippen molar-refractivity contribution in [2.75, 3.05) is 19.6 Å². The van der Waals surface area contributed by atoms with Crippen LogP contribution in [-0.4, -0.2) is 30.6 Å². The average Bonchev–Trinajstić information content (AvgIpc) is 1.82. The first kappa shape index (κ1) is 6.78. The van der Waals surface area contributed by atoms with Crippen molar-refractivity contribution in [1.82, 2.24) is 4.90 Å². The van der Waals surface area contributed by atoms with Gasteiger partial charge in [0.2, 0.25) is 0 Å². The summed E-state index contributed by atoms with van der Waals surface area (Å²) in [4.78, 5) is 2.34. The molecule has 1 aliphatic heterocycles. The maximum absolute atomic E-state index is 5.48. The number of likely N-dealkylation sites (tertiary alicyclic amines) is 1. The minimum atomic E-state index is 0.642. The first-order valence-electron chi connectivity index (χ1n) is 3.43. The zero-order chi connectivity index (χ0) is 6.69. The Morgan fingerprint density at radius 2 is 2.56 bits per heavy atom. The lowest BCUT2D eigenvalue weighted by Gasteiger charge is -2.39. The van der Waals surface area contributed by atoms with E-state index in [4.69, 9.17) is 5.73 Å². The highest BCUT2D eigenvalue weighted by molar-refractivity contribution is 4.87. The topological polar surface area (TPSA) is 29.3 Å². The van der Waals surface area contributed by atoms with Gasteiger partial charge in [-0.3, -0.25) is 4.90 Å². The van der Waals surface area contributed by atoms with Gasteiger partial charge in [-0.05, 0) is 6.42 Å². The Morgan fingerprint density at radius 1 is 1.78 bits per heavy atom. The van der Waals surface area contributed by atoms with Crippen LogP contribution in [0.15, 0.2) is 12.7 Å². The van der Waals surface area contributed by atoms with Crippen molar-refractivity contribution >= 4 is 0 Å². The van der Waals surface area contributed by atoms with Crippen LogP contribution in [0.3, 0.4) is 0 Å². The molecule has 1 saturated heterocycles. The molecular formula is C7H14N2. The lowest BCUT2D eigenvalue weighted by Crippen LogP contribution is -2.51. The minimum Gasteiger partial charge on any atom is -0.329 e. The van der Waals surface area contributed by atoms with E-state index < -0.39 is 0 Å². The van der Waals surface area contributed by atoms with Crippen LogP contribution < -0.4 is 5.73 Å². The number of hydrogen-bond acceptors (Lipinski definition) is 2. The van der Waals surface area contributed by atoms with Gasteiger partial charge in [0.1, 0.15) is 0 Å². The van der Waals surface area contributed by atoms with Gasteiger partial charge in [-0.15, -0.1) is 6.58 Å². The van der Waals surface area contributed by atoms with Gasteiger partial charge in [0.25, 0.3) is 0 Å². The largest absolute Gasteiger partial charge is 0.329 e. The summed E-state index contributed by atoms with van der Waals surface area (Å²) in [5, 5.41) is 0. The molecule has 1 fully saturated rings. The van der Waals surface area contributed by atoms with Crippen molar-refractivity contribution in [3.8, 4) is 0 Å². The van der Waals surface area contributed by atoms with E-state index in [-0.39, 0.29) is 0 Å². The van der Waals surface area contributed by atoms with Crippen LogP contribution in [0.25, 0.3) is 0 Å². The predicted molar refractivity (Wildman–Crippen MR) is 39.2 cm³/mol. The SMILES string of the molecule is C=CCN1CCC1CN. The summed E-state index contributed by atoms with van der Waals surface area (Å²) >= 11 is 0. The number of hydrogen-bond donors (Lipinski definition) is 1. The molecule has 1 aliphatic rings. The van der Waals surface area contributed by atoms with Gasteiger partial charge in [0.05, 0.1) is 0 Å². The lowest BCUT2D eigenvalue weighted by molar-refractivity contribution is 0.113. The molecule has 1 heterocycles. The fourth-order valence-electron chi connectivity index (χ4n) is 1.17. The summed E-state index contributed by atoms with van der Waals surface area (Å²) in [6.07, 6.45) is 3.20. The first-order chi connectivity index (χ1) is 4.38. The second-order valence-electron chi connectivity index (χ2n) is 2.46. The van der Waals surface area contributed by atoms with Crippen LogP contribution in [-0.2, 0) is 0 Å². The van der Waals surface area contributed by atoms with Gasteiger partial charge in [-0.1, -0.05) is 6.08 Å². The fourth-order valence-corrected chi connectivity index (χ4v) is 1.17. The molecule has 0 aromatic rings. The van der Waals surface area contributed by atoms with E-state index in [0.29, 0.717) is 6.04 Å². The van der Waals surface area contributed by atoms with Crippen molar-refractivity contribution in [1.29, 1.82) is 0 Å². The lowest BCUT2D eigenvalue weighted by atomic mass is 10.0. The van der Waals surface area contributed by atoms with Gasteiger partial charge in [-0.25, -0.2) is 0 Å². The van der Waals surface area contributed by atoms with Crippen LogP contribution >= 0.6 is 0 Å². The second kappa shape index (κ2) is 2.99. The van der Waals surface area contributed by atoms with E-state index in [9.17, 15) is 0 Å². The Bertz CT molecular complexity index is 99.1. The summed E-state index contributed by atoms with van der Waals surface area (Å²) in [6, 6.07) is 0.642. The molecule has 0 aromatic heterocycles. The van der Waals surface area contributed by atoms with E-state index in [1.54, 1.807) is 0 Å². The molecule has 2 heteroatoms. The zero-order valence-electron chi connectivity index (χ0n) is 5.71. The molecule has 0 spiro atoms. The van der Waals surface area contributed by atoms with Gasteiger partial charge in [0, 0.05) is 25.7 Å². The summed E-state index contributed by atoms with van der Waals surface area (Å²) in [5.41, 5.74) is 5.48. The van der Waals surface area contributed by atoms with Gasteiger partial charge < -0.3 is 5.73 Å². The van der Waals surface area contributed by atoms with Crippen molar-refractivity contribution in [2.45, 2.75) is 12.5 Å². The third kappa shape index (κ3) is 1.32. The van der Waals surface area contributed by atoms with Crippen molar-refractivity contribution in [3.63, 3.8) is 0 Å². The number of nitrogens with two attached hydrogens (primary N) is 1. The summed E-state index contributed by atoms with van der Waals surface area (Å²) < 4.78 is 0. The van der Waals surface area contributed by atoms with Crippen molar-refractivity contribution in [3.05, 3.63) is 12.7 Å². The molecule has 0 aliphatic carbocycles. The molecule has 0 aromatic carbocycles. The molecule has 0 saturated carbocycles. The highest BCUT2D eigenvalue weighted by Crippen LogP contribution is 2.14. The van der Waals surface area contributed by atoms with Crippen LogP contribution in [0.1, 0.15) is 6.42 Å². The quantitative estimate of drug-likeness (QED) is 0.547. The fraction of sp³-hybridized carbons (Fsp3) is 0.714. The Kier molecular flexibility index (Phi) is 2.25. The third-order valence-electron chi connectivity index (χ3n) is 1.90. The van der Waals surface area contributed by atoms with E-state index in [0.717, 1.165) is 13.1 Å². The molecule has 9 heavy (non-hydrogen) atoms. The molecule has 0 radical (unpaired) electrons. The summed E-state index contributed by atoms with van der Waals surface area (Å²) in [7, 11) is 0. The van der Waals surface area contributed by atoms with Crippen molar-refractivity contribution < 1.29 is 0 Å². The molecule has 1 atom stereocenters. The average molecular weight is 126 g/mol. The van der Waals surface area contributed by atoms with Gasteiger partial charge in [-0.2, -0.15) is 0 Å². The van der Waals surface area contributed by atoms with Crippen LogP contribution in [0, 0.1) is 0 Å². The highest BCUT2D eigenvalue weighted by Gasteiger charge is 2.24. The monoisotopic (exact) mass is 126 g/mol. The molecule has 1 rings (SSSR count). The predicted octanol–water partition coefficient (Wildman–Crippen LogP) is 0.205. The molecule has 0 bridgehead atoms. The smallest absolute Gasteiger partial charge is 0.0233 e. The molecule has 0 amide bonds. The molecule has 2 nitrogen and oxygen atoms in total. The Balaban J connectivity index is 2.18. The normalized spacial score (nSPS) is 27.4. The number of nitrogens with zero attached hydrogens (tertiary/aromatic N) is 1. The molecule has 2 N–H and O–H groups in total. The standard InChI is InChI=1S/C7H14N2/c1-2-4-9-5-3-7(9)6-8/h2,7H,1,3-6,8H2. The number of rotatable bonds is 3. The Morgan fingerprint density at radius 3 is 2.89 bits per heavy atom. The Hall–Kier alpha value is -0.340. The van der Waals surface area contributed by atoms with Gasteiger partial charge >= 0.3 is 0 Å². The molecular weight excluding hydrogens is 112 g/mol. The Labute approximate surface area is 56.3 Å². The second-order valence-corrected chi connectivity index (χ2v) is 2.46. The van der Waals surface area contributed by atoms with Crippen LogP contribution in [0.5, 0.6) is 0 Å². The summed E-state index contributed by atoms with van der Waals surface area (Å²) in [5.74, 6) is 0. The van der Waals surface area contributed by atoms with E-state index in [2.05, 4.69) is 11.5 Å². The third-order valence-corrected chi connectivity index (χ3v) is 1.90. The van der Waals surface area contributed by atoms with E-state index in [1.165, 1.54) is 13.0 Å². The van der Waals surface area contributed by atoms with Crippen LogP contribution in [0.2, 0.25) is 0 Å². The van der Waals surface area contributed by atoms with E-state index in [1.807, 2.05) is 6.08 Å². The maximum Gasteiger partial charge on any atom is 0.0233 e. The zero-order valence-corrected chi connectivity index (χ0v) is 5.71. The van der Waals surface area contributed by atoms with Crippen LogP contribution in [0.4, 0.5) is 0 Å². The van der Waals surface area contributed by atoms with Crippen molar-refractivity contribution in [2.24, 2.45) is 5.73 Å². The summed E-state index contributed by atoms with van der Waals surface area (Å²) in [6.45, 7) is 6.67. The highest BCUT2D eigenvalue weighted by atomic mass is 15.2. The molecule has 52 valence electrons. The van der Waals surface area contributed by atoms with E-state index >= 15 is 0 Å². The minimum absolute atomic E-state index is 0.642. The molecule has 1 unspecified atom stereocenters. The van der Waals surface area contributed by atoms with Gasteiger partial charge in [0.15, 0.2) is 0 Å². The first-order valence-corrected chi connectivity index (χ1v) is 3.43. The maximum atomic E-state index is 5.48.